The molecule has 1 aliphatic rings. The van der Waals surface area contributed by atoms with E-state index in [4.69, 9.17) is 14.5 Å². The Bertz CT molecular complexity index is 1170. The molecule has 1 aliphatic heterocycles. The summed E-state index contributed by atoms with van der Waals surface area (Å²) in [7, 11) is 5.26. The Labute approximate surface area is 199 Å². The third-order valence-corrected chi connectivity index (χ3v) is 5.81. The average molecular weight is 466 g/mol. The lowest BCUT2D eigenvalue weighted by atomic mass is 10.2. The minimum Gasteiger partial charge on any atom is -0.493 e. The molecule has 1 N–H and O–H groups in total. The van der Waals surface area contributed by atoms with Crippen LogP contribution in [0.4, 0.5) is 5.82 Å². The molecular weight excluding hydrogens is 434 g/mol. The van der Waals surface area contributed by atoms with Crippen LogP contribution in [0, 0.1) is 13.8 Å². The summed E-state index contributed by atoms with van der Waals surface area (Å²) in [6.07, 6.45) is 0. The first kappa shape index (κ1) is 23.7. The van der Waals surface area contributed by atoms with Gasteiger partial charge in [0.05, 0.1) is 26.5 Å². The molecule has 3 heterocycles. The largest absolute Gasteiger partial charge is 0.493 e. The summed E-state index contributed by atoms with van der Waals surface area (Å²) in [6.45, 7) is 7.84. The monoisotopic (exact) mass is 465 g/mol. The maximum absolute atomic E-state index is 12.8. The number of rotatable bonds is 7. The van der Waals surface area contributed by atoms with Gasteiger partial charge in [-0.3, -0.25) is 9.69 Å². The molecule has 1 aromatic carbocycles. The number of aryl methyl sites for hydroxylation is 2. The number of likely N-dealkylation sites (N-methyl/N-ethyl adjacent to an activating group) is 1. The zero-order chi connectivity index (χ0) is 24.2. The summed E-state index contributed by atoms with van der Waals surface area (Å²) >= 11 is 0. The first-order valence-electron chi connectivity index (χ1n) is 11.2. The predicted molar refractivity (Wildman–Crippen MR) is 130 cm³/mol. The lowest BCUT2D eigenvalue weighted by Gasteiger charge is -2.31. The van der Waals surface area contributed by atoms with Crippen LogP contribution in [0.25, 0.3) is 17.2 Å². The normalized spacial score (nSPS) is 14.7. The fraction of sp³-hybridized carbons (Fsp3) is 0.417. The Kier molecular flexibility index (Phi) is 7.09. The van der Waals surface area contributed by atoms with Crippen molar-refractivity contribution in [2.75, 3.05) is 59.3 Å². The molecule has 10 nitrogen and oxygen atoms in total. The molecule has 34 heavy (non-hydrogen) atoms. The number of benzene rings is 1. The van der Waals surface area contributed by atoms with Crippen LogP contribution in [0.3, 0.4) is 0 Å². The van der Waals surface area contributed by atoms with Crippen LogP contribution in [0.2, 0.25) is 0 Å². The summed E-state index contributed by atoms with van der Waals surface area (Å²) in [5.74, 6) is 2.51. The molecule has 2 aromatic heterocycles. The van der Waals surface area contributed by atoms with Crippen LogP contribution in [0.5, 0.6) is 11.5 Å². The van der Waals surface area contributed by atoms with Gasteiger partial charge in [0.15, 0.2) is 23.1 Å². The van der Waals surface area contributed by atoms with Crippen molar-refractivity contribution >= 4 is 11.7 Å². The molecule has 0 radical (unpaired) electrons. The van der Waals surface area contributed by atoms with Gasteiger partial charge < -0.3 is 19.7 Å². The van der Waals surface area contributed by atoms with Gasteiger partial charge in [-0.1, -0.05) is 0 Å². The number of aromatic nitrogens is 4. The van der Waals surface area contributed by atoms with Crippen molar-refractivity contribution in [1.29, 1.82) is 0 Å². The number of nitrogens with zero attached hydrogens (tertiary/aromatic N) is 6. The molecule has 0 saturated carbocycles. The van der Waals surface area contributed by atoms with Crippen LogP contribution in [0.15, 0.2) is 30.3 Å². The van der Waals surface area contributed by atoms with Gasteiger partial charge in [-0.25, -0.2) is 14.6 Å². The molecule has 1 amide bonds. The topological polar surface area (TPSA) is 97.6 Å². The van der Waals surface area contributed by atoms with Crippen molar-refractivity contribution < 1.29 is 14.3 Å². The molecule has 1 fully saturated rings. The van der Waals surface area contributed by atoms with Crippen LogP contribution in [0.1, 0.15) is 11.4 Å². The van der Waals surface area contributed by atoms with E-state index in [1.54, 1.807) is 31.0 Å². The van der Waals surface area contributed by atoms with Crippen LogP contribution < -0.4 is 14.8 Å². The summed E-state index contributed by atoms with van der Waals surface area (Å²) in [4.78, 5) is 26.6. The maximum atomic E-state index is 12.8. The maximum Gasteiger partial charge on any atom is 0.239 e. The highest BCUT2D eigenvalue weighted by Crippen LogP contribution is 2.32. The van der Waals surface area contributed by atoms with Gasteiger partial charge in [0, 0.05) is 43.5 Å². The van der Waals surface area contributed by atoms with Gasteiger partial charge in [0.25, 0.3) is 0 Å². The second-order valence-corrected chi connectivity index (χ2v) is 8.47. The van der Waals surface area contributed by atoms with E-state index < -0.39 is 0 Å². The minimum absolute atomic E-state index is 0.110. The average Bonchev–Trinajstić information content (AvgIpc) is 3.17. The number of carbonyl (C=O) groups is 1. The molecule has 0 atom stereocenters. The summed E-state index contributed by atoms with van der Waals surface area (Å²) in [5, 5.41) is 7.51. The molecule has 3 aromatic rings. The van der Waals surface area contributed by atoms with Gasteiger partial charge in [-0.05, 0) is 45.2 Å². The summed E-state index contributed by atoms with van der Waals surface area (Å²) in [6, 6.07) is 9.20. The second-order valence-electron chi connectivity index (χ2n) is 8.47. The number of hydrogen-bond acceptors (Lipinski definition) is 8. The SMILES string of the molecule is COc1ccc(-c2nc(NC(=O)CN3CCN(C)CC3)cc(-n3nc(C)cc3C)n2)cc1OC. The molecule has 0 aliphatic carbocycles. The number of ether oxygens (including phenoxy) is 2. The molecule has 10 heteroatoms. The number of carbonyl (C=O) groups excluding carboxylic acids is 1. The molecule has 0 bridgehead atoms. The van der Waals surface area contributed by atoms with E-state index in [0.29, 0.717) is 35.5 Å². The second kappa shape index (κ2) is 10.2. The Morgan fingerprint density at radius 1 is 1.00 bits per heavy atom. The van der Waals surface area contributed by atoms with Crippen molar-refractivity contribution in [2.24, 2.45) is 0 Å². The van der Waals surface area contributed by atoms with E-state index >= 15 is 0 Å². The van der Waals surface area contributed by atoms with Crippen molar-refractivity contribution in [3.63, 3.8) is 0 Å². The Balaban J connectivity index is 1.66. The summed E-state index contributed by atoms with van der Waals surface area (Å²) in [5.41, 5.74) is 2.55. The van der Waals surface area contributed by atoms with E-state index in [-0.39, 0.29) is 5.91 Å². The molecule has 4 rings (SSSR count). The first-order valence-corrected chi connectivity index (χ1v) is 11.2. The zero-order valence-electron chi connectivity index (χ0n) is 20.3. The molecular formula is C24H31N7O3. The third-order valence-electron chi connectivity index (χ3n) is 5.81. The number of anilines is 1. The Morgan fingerprint density at radius 3 is 2.38 bits per heavy atom. The fourth-order valence-corrected chi connectivity index (χ4v) is 3.96. The standard InChI is InChI=1S/C24H31N7O3/c1-16-12-17(2)31(28-16)22-14-21(25-23(32)15-30-10-8-29(3)9-11-30)26-24(27-22)18-6-7-19(33-4)20(13-18)34-5/h6-7,12-14H,8-11,15H2,1-5H3,(H,25,26,27,32). The number of nitrogens with one attached hydrogen (secondary N) is 1. The highest BCUT2D eigenvalue weighted by Gasteiger charge is 2.18. The minimum atomic E-state index is -0.110. The van der Waals surface area contributed by atoms with E-state index in [2.05, 4.69) is 32.2 Å². The van der Waals surface area contributed by atoms with Crippen LogP contribution >= 0.6 is 0 Å². The lowest BCUT2D eigenvalue weighted by Crippen LogP contribution is -2.47. The Hall–Kier alpha value is -3.50. The van der Waals surface area contributed by atoms with Crippen molar-refractivity contribution in [3.05, 3.63) is 41.7 Å². The number of hydrogen-bond donors (Lipinski definition) is 1. The molecule has 180 valence electrons. The van der Waals surface area contributed by atoms with E-state index in [1.807, 2.05) is 32.0 Å². The van der Waals surface area contributed by atoms with Gasteiger partial charge in [-0.2, -0.15) is 5.10 Å². The van der Waals surface area contributed by atoms with Gasteiger partial charge in [0.2, 0.25) is 5.91 Å². The third kappa shape index (κ3) is 5.35. The molecule has 0 unspecified atom stereocenters. The zero-order valence-corrected chi connectivity index (χ0v) is 20.3. The quantitative estimate of drug-likeness (QED) is 0.567. The van der Waals surface area contributed by atoms with Crippen molar-refractivity contribution in [1.82, 2.24) is 29.5 Å². The first-order chi connectivity index (χ1) is 16.4. The number of methoxy groups -OCH3 is 2. The van der Waals surface area contributed by atoms with Crippen LogP contribution in [-0.4, -0.2) is 89.4 Å². The predicted octanol–water partition coefficient (Wildman–Crippen LogP) is 2.15. The van der Waals surface area contributed by atoms with Gasteiger partial charge >= 0.3 is 0 Å². The van der Waals surface area contributed by atoms with E-state index in [0.717, 1.165) is 43.1 Å². The number of piperazine rings is 1. The van der Waals surface area contributed by atoms with Gasteiger partial charge in [-0.15, -0.1) is 0 Å². The summed E-state index contributed by atoms with van der Waals surface area (Å²) < 4.78 is 12.5. The van der Waals surface area contributed by atoms with E-state index in [1.165, 1.54) is 0 Å². The smallest absolute Gasteiger partial charge is 0.239 e. The van der Waals surface area contributed by atoms with Crippen LogP contribution in [-0.2, 0) is 4.79 Å². The number of amides is 1. The van der Waals surface area contributed by atoms with Crippen molar-refractivity contribution in [2.45, 2.75) is 13.8 Å². The highest BCUT2D eigenvalue weighted by atomic mass is 16.5. The van der Waals surface area contributed by atoms with Crippen molar-refractivity contribution in [3.8, 4) is 28.7 Å². The highest BCUT2D eigenvalue weighted by molar-refractivity contribution is 5.91. The Morgan fingerprint density at radius 2 is 1.74 bits per heavy atom. The fourth-order valence-electron chi connectivity index (χ4n) is 3.96. The molecule has 1 saturated heterocycles. The lowest BCUT2D eigenvalue weighted by molar-refractivity contribution is -0.117. The van der Waals surface area contributed by atoms with Gasteiger partial charge in [0.1, 0.15) is 5.82 Å². The molecule has 0 spiro atoms. The van der Waals surface area contributed by atoms with E-state index in [9.17, 15) is 4.79 Å².